The van der Waals surface area contributed by atoms with E-state index in [2.05, 4.69) is 31.1 Å². The van der Waals surface area contributed by atoms with Crippen LogP contribution in [0, 0.1) is 0 Å². The number of nitrogens with zero attached hydrogens (tertiary/aromatic N) is 8. The molecule has 4 saturated heterocycles. The minimum absolute atomic E-state index is 0.109. The van der Waals surface area contributed by atoms with Crippen LogP contribution in [0.25, 0.3) is 44.6 Å². The van der Waals surface area contributed by atoms with E-state index in [-0.39, 0.29) is 74.2 Å². The molecule has 29 heteroatoms. The highest BCUT2D eigenvalue weighted by atomic mass is 16.6. The average Bonchev–Trinajstić information content (AvgIpc) is 1.63. The molecule has 6 aromatic rings. The van der Waals surface area contributed by atoms with Crippen LogP contribution >= 0.6 is 0 Å². The van der Waals surface area contributed by atoms with Gasteiger partial charge in [-0.15, -0.1) is 0 Å². The predicted octanol–water partition coefficient (Wildman–Crippen LogP) is 6.01. The first kappa shape index (κ1) is 73.8. The summed E-state index contributed by atoms with van der Waals surface area (Å²) in [4.78, 5) is 170. The normalized spacial score (nSPS) is 20.3. The number of pyridine rings is 4. The molecule has 107 heavy (non-hydrogen) atoms. The van der Waals surface area contributed by atoms with Crippen molar-refractivity contribution < 1.29 is 71.6 Å². The van der Waals surface area contributed by atoms with Gasteiger partial charge in [0.2, 0.25) is 28.9 Å². The number of likely N-dealkylation sites (tertiary alicyclic amines) is 4. The highest BCUT2D eigenvalue weighted by molar-refractivity contribution is 5.95. The molecule has 566 valence electrons. The number of likely N-dealkylation sites (N-methyl/N-ethyl adjacent to an activating group) is 1. The number of aromatic nitrogens is 4. The number of esters is 4. The van der Waals surface area contributed by atoms with Gasteiger partial charge >= 0.3 is 36.1 Å². The summed E-state index contributed by atoms with van der Waals surface area (Å²) in [6, 6.07) is 13.8. The Bertz CT molecular complexity index is 4720. The maximum Gasteiger partial charge on any atom is 0.415 e. The van der Waals surface area contributed by atoms with E-state index in [1.807, 2.05) is 26.0 Å². The first-order chi connectivity index (χ1) is 51.8. The van der Waals surface area contributed by atoms with E-state index in [1.54, 1.807) is 69.2 Å². The molecule has 1 unspecified atom stereocenters. The Morgan fingerprint density at radius 2 is 0.963 bits per heavy atom. The van der Waals surface area contributed by atoms with Crippen LogP contribution in [0.5, 0.6) is 11.5 Å². The van der Waals surface area contributed by atoms with Gasteiger partial charge in [0.15, 0.2) is 0 Å². The van der Waals surface area contributed by atoms with Gasteiger partial charge in [0.05, 0.1) is 70.6 Å². The van der Waals surface area contributed by atoms with E-state index in [9.17, 15) is 52.7 Å². The zero-order chi connectivity index (χ0) is 75.0. The molecule has 14 rings (SSSR count). The topological polar surface area (TPSA) is 340 Å². The molecule has 0 saturated carbocycles. The predicted molar refractivity (Wildman–Crippen MR) is 389 cm³/mol. The average molecular weight is 1470 g/mol. The van der Waals surface area contributed by atoms with Crippen molar-refractivity contribution in [2.45, 2.75) is 186 Å². The van der Waals surface area contributed by atoms with Gasteiger partial charge in [-0.3, -0.25) is 33.6 Å². The quantitative estimate of drug-likeness (QED) is 0.0472. The van der Waals surface area contributed by atoms with Gasteiger partial charge in [0, 0.05) is 77.7 Å². The van der Waals surface area contributed by atoms with Crippen LogP contribution in [0.4, 0.5) is 9.59 Å². The summed E-state index contributed by atoms with van der Waals surface area (Å²) in [6.45, 7) is 11.6. The van der Waals surface area contributed by atoms with Gasteiger partial charge in [-0.05, 0) is 176 Å². The fourth-order valence-electron chi connectivity index (χ4n) is 17.2. The second kappa shape index (κ2) is 31.0. The maximum atomic E-state index is 14.5. The van der Waals surface area contributed by atoms with Crippen LogP contribution in [-0.2, 0) is 103 Å². The number of nitrogens with one attached hydrogen (secondary N) is 4. The summed E-state index contributed by atoms with van der Waals surface area (Å²) in [5.41, 5.74) is 1.79. The Morgan fingerprint density at radius 1 is 0.533 bits per heavy atom. The number of fused-ring (bicyclic) bond motifs is 10. The van der Waals surface area contributed by atoms with Crippen molar-refractivity contribution in [1.29, 1.82) is 0 Å². The Hall–Kier alpha value is -10.1. The van der Waals surface area contributed by atoms with Crippen molar-refractivity contribution >= 4 is 75.6 Å². The van der Waals surface area contributed by atoms with Gasteiger partial charge in [-0.2, -0.15) is 0 Å². The van der Waals surface area contributed by atoms with Gasteiger partial charge < -0.3 is 78.4 Å². The SMILES string of the molecule is CCc1c2c(nc3ccc(OC(=O)N4CCC(N5CCCCC5)CC4)cc13)-c1cc3c(c(=O)n1C2)COC(=O)[C@@]3(CC)OC(=O)CNC(=O)CCC(NC)C(=O)NCC(=O)NCC(=O)O[C@]1(CC)C(=O)OCc2c1cc1n(c2=O)Cc2c-1nc1ccc(OC(=O)N3CCC(N4CCCCC4)CC3)cc1c2CC. The van der Waals surface area contributed by atoms with Crippen molar-refractivity contribution in [2.75, 3.05) is 79.0 Å². The molecular formula is C78H92N12O17. The van der Waals surface area contributed by atoms with E-state index < -0.39 is 102 Å². The summed E-state index contributed by atoms with van der Waals surface area (Å²) in [7, 11) is 1.47. The number of piperidine rings is 4. The Kier molecular flexibility index (Phi) is 21.4. The third kappa shape index (κ3) is 14.2. The number of rotatable bonds is 21. The van der Waals surface area contributed by atoms with Crippen LogP contribution in [0.3, 0.4) is 0 Å². The van der Waals surface area contributed by atoms with E-state index in [0.717, 1.165) is 84.9 Å². The second-order valence-corrected chi connectivity index (χ2v) is 29.0. The van der Waals surface area contributed by atoms with Crippen LogP contribution in [0.1, 0.15) is 162 Å². The van der Waals surface area contributed by atoms with Crippen molar-refractivity contribution in [3.8, 4) is 34.3 Å². The molecular weight excluding hydrogens is 1380 g/mol. The molecule has 8 aliphatic heterocycles. The minimum Gasteiger partial charge on any atom is -0.457 e. The number of aryl methyl sites for hydroxylation is 2. The van der Waals surface area contributed by atoms with E-state index in [4.69, 9.17) is 38.4 Å². The van der Waals surface area contributed by atoms with Crippen LogP contribution in [-0.4, -0.2) is 190 Å². The lowest BCUT2D eigenvalue weighted by atomic mass is 9.85. The number of hydrogen-bond acceptors (Lipinski definition) is 22. The Labute approximate surface area is 617 Å². The summed E-state index contributed by atoms with van der Waals surface area (Å²) in [5, 5.41) is 11.7. The van der Waals surface area contributed by atoms with Crippen LogP contribution in [0.15, 0.2) is 58.1 Å². The van der Waals surface area contributed by atoms with E-state index >= 15 is 0 Å². The minimum atomic E-state index is -2.09. The molecule has 0 aliphatic carbocycles. The lowest BCUT2D eigenvalue weighted by molar-refractivity contribution is -0.189. The van der Waals surface area contributed by atoms with Gasteiger partial charge in [-0.25, -0.2) is 29.1 Å². The number of benzene rings is 2. The molecule has 2 aromatic carbocycles. The van der Waals surface area contributed by atoms with E-state index in [0.29, 0.717) is 96.4 Å². The fraction of sp³-hybridized carbons (Fsp3) is 0.526. The zero-order valence-corrected chi connectivity index (χ0v) is 61.3. The fourth-order valence-corrected chi connectivity index (χ4v) is 17.2. The number of hydrogen-bond donors (Lipinski definition) is 4. The number of amides is 5. The van der Waals surface area contributed by atoms with Crippen molar-refractivity contribution in [3.63, 3.8) is 0 Å². The molecule has 12 heterocycles. The van der Waals surface area contributed by atoms with Crippen molar-refractivity contribution in [2.24, 2.45) is 0 Å². The highest BCUT2D eigenvalue weighted by Gasteiger charge is 2.52. The maximum absolute atomic E-state index is 14.5. The molecule has 4 N–H and O–H groups in total. The third-order valence-electron chi connectivity index (χ3n) is 23.1. The monoisotopic (exact) mass is 1470 g/mol. The zero-order valence-electron chi connectivity index (χ0n) is 61.3. The summed E-state index contributed by atoms with van der Waals surface area (Å²) in [5.74, 6) is -5.27. The standard InChI is InChI=1S/C78H92N12O17/c1-6-49-51-34-47(104-75(100)87-30-22-45(23-31-87)85-26-12-10-13-27-85)16-18-59(51)83-68-53(49)41-89-62(68)36-57-55(71(89)96)43-102-73(98)77(57,8-3)106-66(93)39-80-64(91)21-20-61(79-5)70(95)82-38-65(92)81-40-67(94)107-78(9-4)58-37-63-69-54(42-90(63)72(97)56(58)44-103-74(78)99)50(7-2)52-35-48(17-19-60(52)84-69)105-76(101)88-32-24-46(25-33-88)86-28-14-11-15-29-86/h16-19,34-37,45-46,61,79H,6-15,20-33,38-44H2,1-5H3,(H,80,91)(H,81,92)(H,82,95)/t61?,77-,78-/m0/s1. The molecule has 4 fully saturated rings. The van der Waals surface area contributed by atoms with Gasteiger partial charge in [0.25, 0.3) is 11.1 Å². The Morgan fingerprint density at radius 3 is 1.37 bits per heavy atom. The summed E-state index contributed by atoms with van der Waals surface area (Å²) < 4.78 is 38.0. The first-order valence-electron chi connectivity index (χ1n) is 37.9. The largest absolute Gasteiger partial charge is 0.457 e. The third-order valence-corrected chi connectivity index (χ3v) is 23.1. The smallest absolute Gasteiger partial charge is 0.415 e. The lowest BCUT2D eigenvalue weighted by Gasteiger charge is -2.39. The lowest BCUT2D eigenvalue weighted by Crippen LogP contribution is -2.49. The first-order valence-corrected chi connectivity index (χ1v) is 37.9. The van der Waals surface area contributed by atoms with Gasteiger partial charge in [0.1, 0.15) is 37.8 Å². The molecule has 5 amide bonds. The molecule has 0 radical (unpaired) electrons. The molecule has 29 nitrogen and oxygen atoms in total. The number of cyclic esters (lactones) is 2. The number of carbonyl (C=O) groups is 9. The van der Waals surface area contributed by atoms with Crippen molar-refractivity contribution in [1.82, 2.24) is 60.0 Å². The molecule has 4 aromatic heterocycles. The van der Waals surface area contributed by atoms with Crippen molar-refractivity contribution in [3.05, 3.63) is 114 Å². The number of carbonyl (C=O) groups excluding carboxylic acids is 9. The molecule has 8 aliphatic rings. The summed E-state index contributed by atoms with van der Waals surface area (Å²) in [6.07, 6.45) is 10.6. The second-order valence-electron chi connectivity index (χ2n) is 29.0. The Balaban J connectivity index is 0.561. The molecule has 0 spiro atoms. The van der Waals surface area contributed by atoms with Crippen LogP contribution in [0.2, 0.25) is 0 Å². The highest BCUT2D eigenvalue weighted by Crippen LogP contribution is 2.45. The molecule has 3 atom stereocenters. The van der Waals surface area contributed by atoms with Crippen LogP contribution < -0.4 is 41.9 Å². The summed E-state index contributed by atoms with van der Waals surface area (Å²) >= 11 is 0. The van der Waals surface area contributed by atoms with E-state index in [1.165, 1.54) is 45.6 Å². The number of ether oxygens (including phenoxy) is 6. The molecule has 0 bridgehead atoms. The van der Waals surface area contributed by atoms with Gasteiger partial charge in [-0.1, -0.05) is 40.5 Å².